The van der Waals surface area contributed by atoms with Gasteiger partial charge in [0, 0.05) is 11.1 Å². The van der Waals surface area contributed by atoms with Crippen molar-refractivity contribution in [3.63, 3.8) is 0 Å². The van der Waals surface area contributed by atoms with Crippen molar-refractivity contribution in [1.29, 1.82) is 0 Å². The third-order valence-corrected chi connectivity index (χ3v) is 7.49. The summed E-state index contributed by atoms with van der Waals surface area (Å²) < 4.78 is 0. The van der Waals surface area contributed by atoms with Gasteiger partial charge in [-0.2, -0.15) is 0 Å². The smallest absolute Gasteiger partial charge is 0.325 e. The number of fused-ring (bicyclic) bond motifs is 1. The average molecular weight is 467 g/mol. The van der Waals surface area contributed by atoms with Crippen molar-refractivity contribution in [2.45, 2.75) is 38.8 Å². The largest absolute Gasteiger partial charge is 0.480 e. The molecule has 172 valence electrons. The molecule has 0 spiro atoms. The number of aliphatic carboxylic acids is 1. The molecule has 2 saturated heterocycles. The van der Waals surface area contributed by atoms with Gasteiger partial charge in [0.15, 0.2) is 0 Å². The van der Waals surface area contributed by atoms with Crippen LogP contribution in [0, 0.1) is 24.7 Å². The van der Waals surface area contributed by atoms with Crippen LogP contribution in [0.4, 0.5) is 5.69 Å². The first-order chi connectivity index (χ1) is 15.7. The molecular weight excluding hydrogens is 440 g/mol. The van der Waals surface area contributed by atoms with Crippen LogP contribution in [0.15, 0.2) is 54.6 Å². The topological polar surface area (TPSA) is 86.7 Å². The zero-order chi connectivity index (χ0) is 23.9. The lowest BCUT2D eigenvalue weighted by molar-refractivity contribution is -0.151. The average Bonchev–Trinajstić information content (AvgIpc) is 3.29. The van der Waals surface area contributed by atoms with Gasteiger partial charge in [0.05, 0.1) is 17.5 Å². The molecule has 4 rings (SSSR count). The summed E-state index contributed by atoms with van der Waals surface area (Å²) in [5.41, 5.74) is 0.557. The molecule has 0 saturated carbocycles. The van der Waals surface area contributed by atoms with Gasteiger partial charge in [0.25, 0.3) is 0 Å². The number of hydrogen-bond acceptors (Lipinski definition) is 4. The van der Waals surface area contributed by atoms with Gasteiger partial charge in [-0.3, -0.25) is 19.7 Å². The van der Waals surface area contributed by atoms with Crippen molar-refractivity contribution in [3.05, 3.63) is 70.8 Å². The lowest BCUT2D eigenvalue weighted by Crippen LogP contribution is -2.60. The Labute approximate surface area is 198 Å². The van der Waals surface area contributed by atoms with E-state index in [1.54, 1.807) is 24.3 Å². The molecule has 5 atom stereocenters. The molecular formula is C26H27ClN2O4. The summed E-state index contributed by atoms with van der Waals surface area (Å²) in [6, 6.07) is 13.9. The highest BCUT2D eigenvalue weighted by Gasteiger charge is 2.69. The molecule has 5 unspecified atom stereocenters. The number of halogens is 1. The van der Waals surface area contributed by atoms with Crippen LogP contribution in [0.3, 0.4) is 0 Å². The third-order valence-electron chi connectivity index (χ3n) is 7.09. The zero-order valence-corrected chi connectivity index (χ0v) is 19.5. The van der Waals surface area contributed by atoms with Crippen molar-refractivity contribution >= 4 is 41.1 Å². The standard InChI is InChI=1S/C26H27ClN2O4/c1-4-16(3)26(25(32)33)22-21(20(28-26)13-11-17-8-6-5-7-9-17)23(30)29(24(22)31)18-12-10-15(2)19(27)14-18/h5-14,16,20-22,28H,4H2,1-3H3,(H,32,33). The minimum Gasteiger partial charge on any atom is -0.480 e. The molecule has 2 heterocycles. The van der Waals surface area contributed by atoms with Crippen molar-refractivity contribution in [3.8, 4) is 0 Å². The number of nitrogens with zero attached hydrogens (tertiary/aromatic N) is 1. The predicted octanol–water partition coefficient (Wildman–Crippen LogP) is 4.31. The minimum atomic E-state index is -1.55. The monoisotopic (exact) mass is 466 g/mol. The maximum Gasteiger partial charge on any atom is 0.325 e. The number of carbonyl (C=O) groups excluding carboxylic acids is 2. The summed E-state index contributed by atoms with van der Waals surface area (Å²) in [7, 11) is 0. The van der Waals surface area contributed by atoms with Crippen molar-refractivity contribution < 1.29 is 19.5 Å². The first kappa shape index (κ1) is 23.2. The van der Waals surface area contributed by atoms with E-state index in [-0.39, 0.29) is 5.92 Å². The van der Waals surface area contributed by atoms with Crippen LogP contribution in [0.2, 0.25) is 5.02 Å². The Hall–Kier alpha value is -2.96. The maximum atomic E-state index is 13.7. The lowest BCUT2D eigenvalue weighted by Gasteiger charge is -2.35. The van der Waals surface area contributed by atoms with E-state index in [2.05, 4.69) is 5.32 Å². The maximum absolute atomic E-state index is 13.7. The SMILES string of the molecule is CCC(C)C1(C(=O)O)NC(C=Cc2ccccc2)C2C(=O)N(c3ccc(C)c(Cl)c3)C(=O)C21. The van der Waals surface area contributed by atoms with Crippen molar-refractivity contribution in [2.75, 3.05) is 4.90 Å². The first-order valence-electron chi connectivity index (χ1n) is 11.1. The van der Waals surface area contributed by atoms with Crippen LogP contribution in [0.5, 0.6) is 0 Å². The number of carboxylic acids is 1. The summed E-state index contributed by atoms with van der Waals surface area (Å²) >= 11 is 6.27. The molecule has 0 aromatic heterocycles. The predicted molar refractivity (Wildman–Crippen MR) is 128 cm³/mol. The Morgan fingerprint density at radius 1 is 1.21 bits per heavy atom. The second-order valence-electron chi connectivity index (χ2n) is 8.87. The summed E-state index contributed by atoms with van der Waals surface area (Å²) in [5.74, 6) is -4.27. The van der Waals surface area contributed by atoms with E-state index < -0.39 is 41.2 Å². The fourth-order valence-electron chi connectivity index (χ4n) is 5.09. The van der Waals surface area contributed by atoms with Gasteiger partial charge in [0.1, 0.15) is 5.54 Å². The van der Waals surface area contributed by atoms with Gasteiger partial charge in [-0.15, -0.1) is 0 Å². The van der Waals surface area contributed by atoms with Crippen molar-refractivity contribution in [1.82, 2.24) is 5.32 Å². The molecule has 2 N–H and O–H groups in total. The number of anilines is 1. The van der Waals surface area contributed by atoms with E-state index in [9.17, 15) is 19.5 Å². The Morgan fingerprint density at radius 2 is 1.91 bits per heavy atom. The van der Waals surface area contributed by atoms with E-state index >= 15 is 0 Å². The Morgan fingerprint density at radius 3 is 2.52 bits per heavy atom. The minimum absolute atomic E-state index is 0.365. The van der Waals surface area contributed by atoms with E-state index in [1.807, 2.05) is 57.2 Å². The number of carboxylic acid groups (broad SMARTS) is 1. The number of aryl methyl sites for hydroxylation is 1. The molecule has 0 bridgehead atoms. The summed E-state index contributed by atoms with van der Waals surface area (Å²) in [5, 5.41) is 14.0. The van der Waals surface area contributed by atoms with Gasteiger partial charge >= 0.3 is 5.97 Å². The molecule has 2 aliphatic heterocycles. The number of imide groups is 1. The number of amides is 2. The van der Waals surface area contributed by atoms with Crippen LogP contribution in [0.25, 0.3) is 6.08 Å². The number of nitrogens with one attached hydrogen (secondary N) is 1. The van der Waals surface area contributed by atoms with Gasteiger partial charge < -0.3 is 5.11 Å². The molecule has 2 amide bonds. The molecule has 2 aliphatic rings. The van der Waals surface area contributed by atoms with Crippen LogP contribution >= 0.6 is 11.6 Å². The molecule has 0 radical (unpaired) electrons. The molecule has 33 heavy (non-hydrogen) atoms. The fourth-order valence-corrected chi connectivity index (χ4v) is 5.26. The Kier molecular flexibility index (Phi) is 6.16. The fraction of sp³-hybridized carbons (Fsp3) is 0.346. The van der Waals surface area contributed by atoms with E-state index in [4.69, 9.17) is 11.6 Å². The van der Waals surface area contributed by atoms with E-state index in [0.717, 1.165) is 16.0 Å². The van der Waals surface area contributed by atoms with Crippen LogP contribution in [0.1, 0.15) is 31.4 Å². The molecule has 6 nitrogen and oxygen atoms in total. The Bertz CT molecular complexity index is 1130. The second kappa shape index (κ2) is 8.76. The molecule has 2 aromatic rings. The Balaban J connectivity index is 1.81. The van der Waals surface area contributed by atoms with Crippen molar-refractivity contribution in [2.24, 2.45) is 17.8 Å². The zero-order valence-electron chi connectivity index (χ0n) is 18.8. The van der Waals surface area contributed by atoms with E-state index in [1.165, 1.54) is 0 Å². The van der Waals surface area contributed by atoms with Gasteiger partial charge in [-0.1, -0.05) is 80.4 Å². The molecule has 0 aliphatic carbocycles. The van der Waals surface area contributed by atoms with Gasteiger partial charge in [-0.25, -0.2) is 4.90 Å². The van der Waals surface area contributed by atoms with Crippen LogP contribution < -0.4 is 10.2 Å². The summed E-state index contributed by atoms with van der Waals surface area (Å²) in [6.07, 6.45) is 4.19. The lowest BCUT2D eigenvalue weighted by atomic mass is 9.72. The second-order valence-corrected chi connectivity index (χ2v) is 9.28. The highest BCUT2D eigenvalue weighted by Crippen LogP contribution is 2.48. The highest BCUT2D eigenvalue weighted by molar-refractivity contribution is 6.32. The van der Waals surface area contributed by atoms with Gasteiger partial charge in [0.2, 0.25) is 11.8 Å². The highest BCUT2D eigenvalue weighted by atomic mass is 35.5. The van der Waals surface area contributed by atoms with Crippen LogP contribution in [-0.4, -0.2) is 34.5 Å². The normalized spacial score (nSPS) is 27.9. The number of hydrogen-bond donors (Lipinski definition) is 2. The number of benzene rings is 2. The first-order valence-corrected chi connectivity index (χ1v) is 11.5. The summed E-state index contributed by atoms with van der Waals surface area (Å²) in [6.45, 7) is 5.53. The number of carbonyl (C=O) groups is 3. The van der Waals surface area contributed by atoms with Gasteiger partial charge in [-0.05, 0) is 36.1 Å². The molecule has 2 aromatic carbocycles. The quantitative estimate of drug-likeness (QED) is 0.619. The van der Waals surface area contributed by atoms with Crippen LogP contribution in [-0.2, 0) is 14.4 Å². The number of rotatable bonds is 6. The third kappa shape index (κ3) is 3.67. The molecule has 2 fully saturated rings. The van der Waals surface area contributed by atoms with E-state index in [0.29, 0.717) is 17.1 Å². The summed E-state index contributed by atoms with van der Waals surface area (Å²) in [4.78, 5) is 41.1. The molecule has 7 heteroatoms.